The number of hydrogen-bond acceptors (Lipinski definition) is 4. The SMILES string of the molecule is CC1CC(O)C(COS([NH3+])(=O)=O)C1. The van der Waals surface area contributed by atoms with Crippen molar-refractivity contribution >= 4 is 10.3 Å². The Hall–Kier alpha value is -0.170. The van der Waals surface area contributed by atoms with Crippen LogP contribution in [0.25, 0.3) is 0 Å². The predicted octanol–water partition coefficient (Wildman–Crippen LogP) is -1.10. The van der Waals surface area contributed by atoms with Crippen molar-refractivity contribution in [3.63, 3.8) is 0 Å². The summed E-state index contributed by atoms with van der Waals surface area (Å²) >= 11 is 0. The Balaban J connectivity index is 2.38. The fraction of sp³-hybridized carbons (Fsp3) is 1.00. The van der Waals surface area contributed by atoms with Gasteiger partial charge in [-0.3, -0.25) is 0 Å². The molecule has 0 aromatic heterocycles. The smallest absolute Gasteiger partial charge is 0.393 e. The van der Waals surface area contributed by atoms with Gasteiger partial charge in [0.25, 0.3) is 0 Å². The number of aliphatic hydroxyl groups is 1. The lowest BCUT2D eigenvalue weighted by molar-refractivity contribution is -0.187. The summed E-state index contributed by atoms with van der Waals surface area (Å²) < 4.78 is 25.7. The molecule has 3 unspecified atom stereocenters. The molecule has 1 aliphatic rings. The highest BCUT2D eigenvalue weighted by Crippen LogP contribution is 2.30. The maximum Gasteiger partial charge on any atom is 0.430 e. The minimum absolute atomic E-state index is 0.0529. The van der Waals surface area contributed by atoms with E-state index >= 15 is 0 Å². The lowest BCUT2D eigenvalue weighted by Gasteiger charge is -2.11. The molecule has 5 nitrogen and oxygen atoms in total. The minimum Gasteiger partial charge on any atom is -0.393 e. The van der Waals surface area contributed by atoms with Crippen LogP contribution in [0.4, 0.5) is 0 Å². The van der Waals surface area contributed by atoms with Gasteiger partial charge in [-0.05, 0) is 18.8 Å². The van der Waals surface area contributed by atoms with E-state index in [-0.39, 0.29) is 12.5 Å². The molecule has 1 aliphatic carbocycles. The van der Waals surface area contributed by atoms with Crippen LogP contribution in [0.2, 0.25) is 0 Å². The average molecular weight is 210 g/mol. The van der Waals surface area contributed by atoms with E-state index in [1.807, 2.05) is 6.92 Å². The zero-order valence-corrected chi connectivity index (χ0v) is 8.46. The molecule has 0 amide bonds. The summed E-state index contributed by atoms with van der Waals surface area (Å²) in [6.45, 7) is 2.08. The highest BCUT2D eigenvalue weighted by atomic mass is 32.2. The van der Waals surface area contributed by atoms with Crippen LogP contribution in [0.15, 0.2) is 0 Å². The van der Waals surface area contributed by atoms with E-state index in [1.54, 1.807) is 0 Å². The second kappa shape index (κ2) is 3.91. The highest BCUT2D eigenvalue weighted by molar-refractivity contribution is 7.79. The fourth-order valence-corrected chi connectivity index (χ4v) is 2.13. The topological polar surface area (TPSA) is 91.2 Å². The summed E-state index contributed by atoms with van der Waals surface area (Å²) in [6.07, 6.45) is 1.11. The van der Waals surface area contributed by atoms with Crippen LogP contribution in [0.3, 0.4) is 0 Å². The molecule has 0 bridgehead atoms. The Labute approximate surface area is 78.1 Å². The van der Waals surface area contributed by atoms with Crippen molar-refractivity contribution in [3.05, 3.63) is 0 Å². The Bertz CT molecular complexity index is 264. The van der Waals surface area contributed by atoms with Gasteiger partial charge in [-0.2, -0.15) is 0 Å². The first-order valence-electron chi connectivity index (χ1n) is 4.29. The summed E-state index contributed by atoms with van der Waals surface area (Å²) in [4.78, 5) is 0. The lowest BCUT2D eigenvalue weighted by atomic mass is 10.1. The van der Waals surface area contributed by atoms with E-state index < -0.39 is 16.4 Å². The van der Waals surface area contributed by atoms with Crippen LogP contribution in [-0.4, -0.2) is 26.2 Å². The average Bonchev–Trinajstić information content (AvgIpc) is 2.24. The largest absolute Gasteiger partial charge is 0.430 e. The van der Waals surface area contributed by atoms with Gasteiger partial charge in [0.05, 0.1) is 12.7 Å². The summed E-state index contributed by atoms with van der Waals surface area (Å²) in [5.74, 6) is 0.377. The van der Waals surface area contributed by atoms with Crippen molar-refractivity contribution in [1.29, 1.82) is 0 Å². The summed E-state index contributed by atoms with van der Waals surface area (Å²) in [7, 11) is -3.61. The summed E-state index contributed by atoms with van der Waals surface area (Å²) in [5, 5.41) is 12.3. The summed E-state index contributed by atoms with van der Waals surface area (Å²) in [6, 6.07) is 0. The third-order valence-electron chi connectivity index (χ3n) is 2.35. The van der Waals surface area contributed by atoms with Crippen molar-refractivity contribution in [2.45, 2.75) is 25.9 Å². The van der Waals surface area contributed by atoms with Crippen molar-refractivity contribution in [1.82, 2.24) is 0 Å². The van der Waals surface area contributed by atoms with Gasteiger partial charge < -0.3 is 5.11 Å². The molecule has 6 heteroatoms. The number of rotatable bonds is 3. The zero-order chi connectivity index (χ0) is 10.1. The predicted molar refractivity (Wildman–Crippen MR) is 45.7 cm³/mol. The molecular formula is C7H16NO4S+. The molecule has 0 heterocycles. The Morgan fingerprint density at radius 3 is 2.54 bits per heavy atom. The van der Waals surface area contributed by atoms with Gasteiger partial charge in [-0.15, -0.1) is 8.42 Å². The lowest BCUT2D eigenvalue weighted by Crippen LogP contribution is -2.57. The number of aliphatic hydroxyl groups excluding tert-OH is 1. The minimum atomic E-state index is -3.61. The van der Waals surface area contributed by atoms with Crippen molar-refractivity contribution in [2.24, 2.45) is 11.8 Å². The van der Waals surface area contributed by atoms with Gasteiger partial charge in [0.15, 0.2) is 0 Å². The van der Waals surface area contributed by atoms with Gasteiger partial charge >= 0.3 is 10.3 Å². The van der Waals surface area contributed by atoms with Crippen molar-refractivity contribution < 1.29 is 22.8 Å². The monoisotopic (exact) mass is 210 g/mol. The molecule has 0 radical (unpaired) electrons. The van der Waals surface area contributed by atoms with E-state index in [0.717, 1.165) is 12.8 Å². The third kappa shape index (κ3) is 3.60. The first-order chi connectivity index (χ1) is 5.88. The van der Waals surface area contributed by atoms with Crippen LogP contribution in [0, 0.1) is 11.8 Å². The van der Waals surface area contributed by atoms with Gasteiger partial charge in [-0.25, -0.2) is 9.32 Å². The van der Waals surface area contributed by atoms with Crippen LogP contribution >= 0.6 is 0 Å². The van der Waals surface area contributed by atoms with Gasteiger partial charge in [0.2, 0.25) is 0 Å². The van der Waals surface area contributed by atoms with Crippen molar-refractivity contribution in [2.75, 3.05) is 6.61 Å². The maximum atomic E-state index is 10.6. The van der Waals surface area contributed by atoms with Crippen LogP contribution in [0.1, 0.15) is 19.8 Å². The van der Waals surface area contributed by atoms with Crippen LogP contribution in [-0.2, 0) is 14.5 Å². The molecule has 0 aliphatic heterocycles. The quantitative estimate of drug-likeness (QED) is 0.618. The van der Waals surface area contributed by atoms with Crippen LogP contribution < -0.4 is 5.14 Å². The molecular weight excluding hydrogens is 194 g/mol. The molecule has 4 N–H and O–H groups in total. The number of quaternary nitrogens is 1. The molecule has 0 saturated heterocycles. The maximum absolute atomic E-state index is 10.6. The zero-order valence-electron chi connectivity index (χ0n) is 7.64. The van der Waals surface area contributed by atoms with E-state index in [2.05, 4.69) is 9.32 Å². The molecule has 1 fully saturated rings. The molecule has 3 atom stereocenters. The first kappa shape index (κ1) is 10.9. The molecule has 13 heavy (non-hydrogen) atoms. The van der Waals surface area contributed by atoms with E-state index in [4.69, 9.17) is 0 Å². The molecule has 1 saturated carbocycles. The Morgan fingerprint density at radius 1 is 1.54 bits per heavy atom. The van der Waals surface area contributed by atoms with E-state index in [1.165, 1.54) is 0 Å². The second-order valence-corrected chi connectivity index (χ2v) is 5.10. The number of hydrogen-bond donors (Lipinski definition) is 2. The molecule has 0 aromatic rings. The highest BCUT2D eigenvalue weighted by Gasteiger charge is 2.31. The second-order valence-electron chi connectivity index (χ2n) is 3.75. The molecule has 0 aromatic carbocycles. The van der Waals surface area contributed by atoms with E-state index in [9.17, 15) is 13.5 Å². The molecule has 1 rings (SSSR count). The Kier molecular flexibility index (Phi) is 3.28. The first-order valence-corrected chi connectivity index (χ1v) is 5.86. The summed E-state index contributed by atoms with van der Waals surface area (Å²) in [5.41, 5.74) is 0. The molecule has 78 valence electrons. The Morgan fingerprint density at radius 2 is 2.15 bits per heavy atom. The van der Waals surface area contributed by atoms with Crippen molar-refractivity contribution in [3.8, 4) is 0 Å². The normalized spacial score (nSPS) is 35.2. The fourth-order valence-electron chi connectivity index (χ4n) is 1.75. The molecule has 0 spiro atoms. The van der Waals surface area contributed by atoms with Gasteiger partial charge in [0.1, 0.15) is 0 Å². The third-order valence-corrected chi connectivity index (χ3v) is 2.85. The standard InChI is InChI=1S/C7H15NO4S/c1-5-2-6(7(9)3-5)4-12-13(8,10)11/h5-7,9H,2-4H2,1H3,(H2,8,10,11)/p+1. The van der Waals surface area contributed by atoms with E-state index in [0.29, 0.717) is 5.92 Å². The van der Waals surface area contributed by atoms with Gasteiger partial charge in [0, 0.05) is 5.92 Å². The van der Waals surface area contributed by atoms with Gasteiger partial charge in [-0.1, -0.05) is 6.92 Å². The van der Waals surface area contributed by atoms with Crippen LogP contribution in [0.5, 0.6) is 0 Å².